The Balaban J connectivity index is 1.37. The number of carbonyl (C=O) groups excluding carboxylic acids is 1. The molecule has 4 rings (SSSR count). The number of sulfonamides is 1. The summed E-state index contributed by atoms with van der Waals surface area (Å²) in [4.78, 5) is 12.7. The van der Waals surface area contributed by atoms with Crippen molar-refractivity contribution in [3.05, 3.63) is 64.7 Å². The Labute approximate surface area is 193 Å². The van der Waals surface area contributed by atoms with Gasteiger partial charge in [-0.05, 0) is 48.7 Å². The summed E-state index contributed by atoms with van der Waals surface area (Å²) >= 11 is 8.92. The summed E-state index contributed by atoms with van der Waals surface area (Å²) in [7, 11) is -3.50. The molecule has 0 bridgehead atoms. The van der Waals surface area contributed by atoms with Gasteiger partial charge in [0.2, 0.25) is 15.2 Å². The van der Waals surface area contributed by atoms with Gasteiger partial charge < -0.3 is 0 Å². The fourth-order valence-corrected chi connectivity index (χ4v) is 6.65. The zero-order valence-corrected chi connectivity index (χ0v) is 19.5. The average molecular weight is 495 g/mol. The van der Waals surface area contributed by atoms with Gasteiger partial charge in [-0.25, -0.2) is 8.42 Å². The predicted molar refractivity (Wildman–Crippen MR) is 123 cm³/mol. The number of hydrogen-bond donors (Lipinski definition) is 1. The zero-order chi connectivity index (χ0) is 21.8. The minimum absolute atomic E-state index is 0.195. The molecule has 31 heavy (non-hydrogen) atoms. The van der Waals surface area contributed by atoms with Gasteiger partial charge in [-0.15, -0.1) is 10.2 Å². The summed E-state index contributed by atoms with van der Waals surface area (Å²) in [6, 6.07) is 13.5. The number of nitrogens with zero attached hydrogens (tertiary/aromatic N) is 3. The van der Waals surface area contributed by atoms with Gasteiger partial charge in [-0.2, -0.15) is 4.31 Å². The van der Waals surface area contributed by atoms with E-state index in [0.29, 0.717) is 38.9 Å². The number of thioether (sulfide) groups is 1. The largest absolute Gasteiger partial charge is 0.296 e. The summed E-state index contributed by atoms with van der Waals surface area (Å²) in [5, 5.41) is 11.9. The van der Waals surface area contributed by atoms with Gasteiger partial charge in [0.15, 0.2) is 4.34 Å². The summed E-state index contributed by atoms with van der Waals surface area (Å²) in [6.07, 6.45) is 1.75. The van der Waals surface area contributed by atoms with E-state index < -0.39 is 10.0 Å². The molecule has 0 atom stereocenters. The van der Waals surface area contributed by atoms with Crippen LogP contribution in [0.5, 0.6) is 0 Å². The molecule has 2 heterocycles. The van der Waals surface area contributed by atoms with Gasteiger partial charge in [0.1, 0.15) is 0 Å². The van der Waals surface area contributed by atoms with Crippen molar-refractivity contribution in [1.29, 1.82) is 0 Å². The molecule has 1 aromatic heterocycles. The lowest BCUT2D eigenvalue weighted by Crippen LogP contribution is -2.27. The molecule has 2 aromatic carbocycles. The second kappa shape index (κ2) is 9.66. The zero-order valence-electron chi connectivity index (χ0n) is 16.3. The molecule has 1 N–H and O–H groups in total. The first kappa shape index (κ1) is 22.2. The van der Waals surface area contributed by atoms with Crippen LogP contribution in [0.15, 0.2) is 57.8 Å². The lowest BCUT2D eigenvalue weighted by Gasteiger charge is -2.15. The first-order valence-corrected chi connectivity index (χ1v) is 13.2. The van der Waals surface area contributed by atoms with Crippen LogP contribution >= 0.6 is 34.7 Å². The van der Waals surface area contributed by atoms with Crippen molar-refractivity contribution in [2.24, 2.45) is 0 Å². The van der Waals surface area contributed by atoms with Crippen molar-refractivity contribution in [2.75, 3.05) is 18.4 Å². The molecule has 0 spiro atoms. The van der Waals surface area contributed by atoms with Gasteiger partial charge in [-0.1, -0.05) is 52.9 Å². The van der Waals surface area contributed by atoms with Crippen molar-refractivity contribution < 1.29 is 13.2 Å². The lowest BCUT2D eigenvalue weighted by molar-refractivity contribution is 0.102. The Bertz CT molecular complexity index is 1180. The fraction of sp³-hybridized carbons (Fsp3) is 0.250. The molecular formula is C20H19ClN4O3S3. The topological polar surface area (TPSA) is 92.3 Å². The Morgan fingerprint density at radius 3 is 2.52 bits per heavy atom. The van der Waals surface area contributed by atoms with Crippen LogP contribution in [0.2, 0.25) is 5.02 Å². The van der Waals surface area contributed by atoms with E-state index >= 15 is 0 Å². The first-order chi connectivity index (χ1) is 14.9. The van der Waals surface area contributed by atoms with Crippen molar-refractivity contribution in [3.63, 3.8) is 0 Å². The van der Waals surface area contributed by atoms with Crippen LogP contribution in [0.1, 0.15) is 28.8 Å². The second-order valence-corrected chi connectivity index (χ2v) is 11.4. The fourth-order valence-electron chi connectivity index (χ4n) is 3.10. The van der Waals surface area contributed by atoms with Crippen molar-refractivity contribution >= 4 is 55.8 Å². The third-order valence-electron chi connectivity index (χ3n) is 4.76. The molecule has 11 heteroatoms. The number of anilines is 1. The SMILES string of the molecule is O=C(Nc1nnc(SCc2ccccc2Cl)s1)c1ccc(S(=O)(=O)N2CCCC2)cc1. The predicted octanol–water partition coefficient (Wildman–Crippen LogP) is 4.52. The van der Waals surface area contributed by atoms with E-state index in [1.165, 1.54) is 51.7 Å². The van der Waals surface area contributed by atoms with E-state index in [9.17, 15) is 13.2 Å². The monoisotopic (exact) mass is 494 g/mol. The van der Waals surface area contributed by atoms with Crippen molar-refractivity contribution in [1.82, 2.24) is 14.5 Å². The number of benzene rings is 2. The van der Waals surface area contributed by atoms with E-state index in [0.717, 1.165) is 18.4 Å². The van der Waals surface area contributed by atoms with Crippen LogP contribution in [-0.2, 0) is 15.8 Å². The lowest BCUT2D eigenvalue weighted by atomic mass is 10.2. The number of nitrogens with one attached hydrogen (secondary N) is 1. The summed E-state index contributed by atoms with van der Waals surface area (Å²) in [6.45, 7) is 1.08. The minimum atomic E-state index is -3.50. The molecule has 0 saturated carbocycles. The first-order valence-electron chi connectivity index (χ1n) is 9.55. The van der Waals surface area contributed by atoms with Crippen molar-refractivity contribution in [3.8, 4) is 0 Å². The van der Waals surface area contributed by atoms with E-state index in [1.54, 1.807) is 0 Å². The maximum atomic E-state index is 12.6. The highest BCUT2D eigenvalue weighted by Gasteiger charge is 2.27. The maximum absolute atomic E-state index is 12.6. The third-order valence-corrected chi connectivity index (χ3v) is 9.06. The smallest absolute Gasteiger partial charge is 0.257 e. The summed E-state index contributed by atoms with van der Waals surface area (Å²) in [5.74, 6) is 0.277. The molecule has 0 aliphatic carbocycles. The van der Waals surface area contributed by atoms with Gasteiger partial charge in [0.25, 0.3) is 5.91 Å². The number of halogens is 1. The number of carbonyl (C=O) groups is 1. The van der Waals surface area contributed by atoms with Crippen LogP contribution in [0.3, 0.4) is 0 Å². The molecule has 0 unspecified atom stereocenters. The maximum Gasteiger partial charge on any atom is 0.257 e. The van der Waals surface area contributed by atoms with Crippen LogP contribution in [0.4, 0.5) is 5.13 Å². The molecule has 1 amide bonds. The average Bonchev–Trinajstić information content (AvgIpc) is 3.46. The van der Waals surface area contributed by atoms with E-state index in [2.05, 4.69) is 15.5 Å². The number of rotatable bonds is 7. The Kier molecular flexibility index (Phi) is 6.92. The summed E-state index contributed by atoms with van der Waals surface area (Å²) < 4.78 is 27.4. The molecule has 1 aliphatic heterocycles. The number of hydrogen-bond acceptors (Lipinski definition) is 7. The molecule has 1 aliphatic rings. The number of amides is 1. The molecular weight excluding hydrogens is 476 g/mol. The highest BCUT2D eigenvalue weighted by atomic mass is 35.5. The van der Waals surface area contributed by atoms with Crippen LogP contribution in [0.25, 0.3) is 0 Å². The molecule has 162 valence electrons. The van der Waals surface area contributed by atoms with Crippen LogP contribution < -0.4 is 5.32 Å². The van der Waals surface area contributed by atoms with Gasteiger partial charge >= 0.3 is 0 Å². The van der Waals surface area contributed by atoms with Gasteiger partial charge in [0, 0.05) is 29.4 Å². The minimum Gasteiger partial charge on any atom is -0.296 e. The Hall–Kier alpha value is -1.98. The third kappa shape index (κ3) is 5.27. The quantitative estimate of drug-likeness (QED) is 0.383. The molecule has 3 aromatic rings. The molecule has 1 fully saturated rings. The van der Waals surface area contributed by atoms with E-state index in [-0.39, 0.29) is 10.8 Å². The highest BCUT2D eigenvalue weighted by molar-refractivity contribution is 8.00. The highest BCUT2D eigenvalue weighted by Crippen LogP contribution is 2.30. The van der Waals surface area contributed by atoms with Crippen LogP contribution in [-0.4, -0.2) is 41.9 Å². The van der Waals surface area contributed by atoms with Crippen LogP contribution in [0, 0.1) is 0 Å². The molecule has 1 saturated heterocycles. The molecule has 0 radical (unpaired) electrons. The standard InChI is InChI=1S/C20H19ClN4O3S3/c21-17-6-2-1-5-15(17)13-29-20-24-23-19(30-20)22-18(26)14-7-9-16(10-8-14)31(27,28)25-11-3-4-12-25/h1-2,5-10H,3-4,11-13H2,(H,22,23,26). The normalized spacial score (nSPS) is 14.6. The second-order valence-electron chi connectivity index (χ2n) is 6.84. The number of aromatic nitrogens is 2. The van der Waals surface area contributed by atoms with Gasteiger partial charge in [-0.3, -0.25) is 10.1 Å². The van der Waals surface area contributed by atoms with Gasteiger partial charge in [0.05, 0.1) is 4.90 Å². The van der Waals surface area contributed by atoms with Crippen molar-refractivity contribution in [2.45, 2.75) is 27.8 Å². The Morgan fingerprint density at radius 2 is 1.81 bits per heavy atom. The van der Waals surface area contributed by atoms with E-state index in [1.807, 2.05) is 24.3 Å². The molecule has 7 nitrogen and oxygen atoms in total. The summed E-state index contributed by atoms with van der Waals surface area (Å²) in [5.41, 5.74) is 1.35. The Morgan fingerprint density at radius 1 is 1.10 bits per heavy atom. The van der Waals surface area contributed by atoms with E-state index in [4.69, 9.17) is 11.6 Å².